The second-order valence-corrected chi connectivity index (χ2v) is 2.41. The van der Waals surface area contributed by atoms with Gasteiger partial charge in [0.2, 0.25) is 0 Å². The molecule has 13 heavy (non-hydrogen) atoms. The van der Waals surface area contributed by atoms with Gasteiger partial charge in [-0.2, -0.15) is 27.1 Å². The standard InChI is InChI=1S/C6H5F5N2/c7-5(8,6(9,10)11)4-13-3-1-2-12-13/h1-3H,4H2. The summed E-state index contributed by atoms with van der Waals surface area (Å²) in [4.78, 5) is 0. The molecule has 0 saturated heterocycles. The maximum Gasteiger partial charge on any atom is 0.455 e. The third kappa shape index (κ3) is 2.16. The molecule has 0 unspecified atom stereocenters. The fourth-order valence-corrected chi connectivity index (χ4v) is 0.687. The molecule has 0 N–H and O–H groups in total. The van der Waals surface area contributed by atoms with Gasteiger partial charge in [0.05, 0.1) is 0 Å². The fraction of sp³-hybridized carbons (Fsp3) is 0.500. The summed E-state index contributed by atoms with van der Waals surface area (Å²) in [5, 5.41) is 3.25. The Kier molecular flexibility index (Phi) is 2.27. The highest BCUT2D eigenvalue weighted by Gasteiger charge is 2.57. The topological polar surface area (TPSA) is 17.8 Å². The number of alkyl halides is 5. The first-order valence-corrected chi connectivity index (χ1v) is 3.25. The zero-order valence-electron chi connectivity index (χ0n) is 6.22. The van der Waals surface area contributed by atoms with E-state index in [0.29, 0.717) is 4.68 Å². The Morgan fingerprint density at radius 1 is 1.15 bits per heavy atom. The molecule has 0 radical (unpaired) electrons. The molecule has 0 atom stereocenters. The Hall–Kier alpha value is -1.14. The lowest BCUT2D eigenvalue weighted by atomic mass is 10.3. The van der Waals surface area contributed by atoms with Crippen molar-refractivity contribution in [1.82, 2.24) is 9.78 Å². The summed E-state index contributed by atoms with van der Waals surface area (Å²) in [5.41, 5.74) is 0. The number of nitrogens with zero attached hydrogens (tertiary/aromatic N) is 2. The third-order valence-electron chi connectivity index (χ3n) is 1.33. The van der Waals surface area contributed by atoms with Crippen LogP contribution in [0.1, 0.15) is 0 Å². The van der Waals surface area contributed by atoms with Gasteiger partial charge in [0.1, 0.15) is 6.54 Å². The first kappa shape index (κ1) is 9.94. The van der Waals surface area contributed by atoms with E-state index in [2.05, 4.69) is 5.10 Å². The normalized spacial score (nSPS) is 13.3. The zero-order chi connectivity index (χ0) is 10.1. The molecule has 0 fully saturated rings. The molecule has 1 rings (SSSR count). The molecule has 0 aromatic carbocycles. The Labute approximate surface area is 70.0 Å². The smallest absolute Gasteiger partial charge is 0.266 e. The maximum atomic E-state index is 12.3. The van der Waals surface area contributed by atoms with Gasteiger partial charge in [-0.15, -0.1) is 0 Å². The predicted octanol–water partition coefficient (Wildman–Crippen LogP) is 2.08. The van der Waals surface area contributed by atoms with Gasteiger partial charge in [-0.3, -0.25) is 4.68 Å². The maximum absolute atomic E-state index is 12.3. The van der Waals surface area contributed by atoms with Crippen LogP contribution in [0.25, 0.3) is 0 Å². The van der Waals surface area contributed by atoms with E-state index in [4.69, 9.17) is 0 Å². The summed E-state index contributed by atoms with van der Waals surface area (Å²) in [5.74, 6) is -4.74. The molecule has 0 aliphatic heterocycles. The largest absolute Gasteiger partial charge is 0.455 e. The Bertz CT molecular complexity index is 263. The van der Waals surface area contributed by atoms with Gasteiger partial charge in [0.15, 0.2) is 0 Å². The van der Waals surface area contributed by atoms with Crippen LogP contribution in [0.2, 0.25) is 0 Å². The van der Waals surface area contributed by atoms with Crippen molar-refractivity contribution in [3.05, 3.63) is 18.5 Å². The van der Waals surface area contributed by atoms with Crippen LogP contribution in [0.3, 0.4) is 0 Å². The molecule has 0 saturated carbocycles. The van der Waals surface area contributed by atoms with Gasteiger partial charge in [-0.05, 0) is 6.07 Å². The SMILES string of the molecule is FC(F)(F)C(F)(F)Cn1cccn1. The van der Waals surface area contributed by atoms with E-state index in [-0.39, 0.29) is 0 Å². The van der Waals surface area contributed by atoms with Gasteiger partial charge < -0.3 is 0 Å². The van der Waals surface area contributed by atoms with Gasteiger partial charge >= 0.3 is 12.1 Å². The molecular weight excluding hydrogens is 195 g/mol. The van der Waals surface area contributed by atoms with E-state index >= 15 is 0 Å². The molecule has 74 valence electrons. The second kappa shape index (κ2) is 2.97. The van der Waals surface area contributed by atoms with Crippen LogP contribution in [0.4, 0.5) is 22.0 Å². The second-order valence-electron chi connectivity index (χ2n) is 2.41. The van der Waals surface area contributed by atoms with E-state index in [1.165, 1.54) is 6.07 Å². The first-order valence-electron chi connectivity index (χ1n) is 3.25. The highest BCUT2D eigenvalue weighted by Crippen LogP contribution is 2.36. The molecule has 0 amide bonds. The Morgan fingerprint density at radius 3 is 2.15 bits per heavy atom. The van der Waals surface area contributed by atoms with Crippen LogP contribution >= 0.6 is 0 Å². The van der Waals surface area contributed by atoms with E-state index in [9.17, 15) is 22.0 Å². The van der Waals surface area contributed by atoms with Crippen LogP contribution in [-0.2, 0) is 6.54 Å². The number of hydrogen-bond donors (Lipinski definition) is 0. The van der Waals surface area contributed by atoms with E-state index in [0.717, 1.165) is 12.4 Å². The van der Waals surface area contributed by atoms with E-state index in [1.807, 2.05) is 0 Å². The predicted molar refractivity (Wildman–Crippen MR) is 33.2 cm³/mol. The highest BCUT2D eigenvalue weighted by molar-refractivity contribution is 4.82. The molecule has 0 spiro atoms. The first-order chi connectivity index (χ1) is 5.83. The van der Waals surface area contributed by atoms with Crippen molar-refractivity contribution in [2.24, 2.45) is 0 Å². The van der Waals surface area contributed by atoms with E-state index in [1.54, 1.807) is 0 Å². The lowest BCUT2D eigenvalue weighted by Crippen LogP contribution is -2.40. The van der Waals surface area contributed by atoms with Crippen LogP contribution in [-0.4, -0.2) is 21.9 Å². The molecule has 0 aliphatic rings. The molecule has 2 nitrogen and oxygen atoms in total. The monoisotopic (exact) mass is 200 g/mol. The summed E-state index contributed by atoms with van der Waals surface area (Å²) in [6.45, 7) is -1.48. The van der Waals surface area contributed by atoms with Gasteiger partial charge in [0.25, 0.3) is 0 Å². The molecule has 0 aliphatic carbocycles. The molecule has 1 heterocycles. The van der Waals surface area contributed by atoms with Crippen molar-refractivity contribution in [2.45, 2.75) is 18.6 Å². The average Bonchev–Trinajstić information content (AvgIpc) is 2.35. The Balaban J connectivity index is 2.73. The van der Waals surface area contributed by atoms with Crippen molar-refractivity contribution >= 4 is 0 Å². The van der Waals surface area contributed by atoms with Crippen molar-refractivity contribution < 1.29 is 22.0 Å². The molecule has 0 bridgehead atoms. The number of hydrogen-bond acceptors (Lipinski definition) is 1. The summed E-state index contributed by atoms with van der Waals surface area (Å²) in [6.07, 6.45) is -3.36. The van der Waals surface area contributed by atoms with Gasteiger partial charge in [-0.25, -0.2) is 0 Å². The minimum atomic E-state index is -5.53. The van der Waals surface area contributed by atoms with Crippen molar-refractivity contribution in [3.8, 4) is 0 Å². The van der Waals surface area contributed by atoms with Gasteiger partial charge in [-0.1, -0.05) is 0 Å². The van der Waals surface area contributed by atoms with Crippen molar-refractivity contribution in [3.63, 3.8) is 0 Å². The number of aromatic nitrogens is 2. The van der Waals surface area contributed by atoms with Gasteiger partial charge in [0, 0.05) is 12.4 Å². The van der Waals surface area contributed by atoms with Crippen molar-refractivity contribution in [1.29, 1.82) is 0 Å². The minimum absolute atomic E-state index is 0.535. The summed E-state index contributed by atoms with van der Waals surface area (Å²) >= 11 is 0. The molecular formula is C6H5F5N2. The summed E-state index contributed by atoms with van der Waals surface area (Å²) < 4.78 is 60.1. The number of halogens is 5. The number of rotatable bonds is 2. The van der Waals surface area contributed by atoms with Crippen LogP contribution in [0, 0.1) is 0 Å². The lowest BCUT2D eigenvalue weighted by molar-refractivity contribution is -0.287. The molecule has 7 heteroatoms. The Morgan fingerprint density at radius 2 is 1.77 bits per heavy atom. The van der Waals surface area contributed by atoms with E-state index < -0.39 is 18.6 Å². The zero-order valence-corrected chi connectivity index (χ0v) is 6.22. The third-order valence-corrected chi connectivity index (χ3v) is 1.33. The summed E-state index contributed by atoms with van der Waals surface area (Å²) in [6, 6.07) is 1.27. The quantitative estimate of drug-likeness (QED) is 0.668. The van der Waals surface area contributed by atoms with Crippen LogP contribution in [0.5, 0.6) is 0 Å². The molecule has 1 aromatic heterocycles. The molecule has 1 aromatic rings. The highest BCUT2D eigenvalue weighted by atomic mass is 19.4. The summed E-state index contributed by atoms with van der Waals surface area (Å²) in [7, 11) is 0. The average molecular weight is 200 g/mol. The van der Waals surface area contributed by atoms with Crippen LogP contribution < -0.4 is 0 Å². The fourth-order valence-electron chi connectivity index (χ4n) is 0.687. The lowest BCUT2D eigenvalue weighted by Gasteiger charge is -2.18. The minimum Gasteiger partial charge on any atom is -0.266 e. The van der Waals surface area contributed by atoms with Crippen molar-refractivity contribution in [2.75, 3.05) is 0 Å². The van der Waals surface area contributed by atoms with Crippen LogP contribution in [0.15, 0.2) is 18.5 Å².